The van der Waals surface area contributed by atoms with Gasteiger partial charge in [0.15, 0.2) is 0 Å². The van der Waals surface area contributed by atoms with Crippen LogP contribution >= 0.6 is 0 Å². The summed E-state index contributed by atoms with van der Waals surface area (Å²) in [5.74, 6) is 0.105. The molecule has 0 saturated carbocycles. The molecule has 1 fully saturated rings. The summed E-state index contributed by atoms with van der Waals surface area (Å²) in [4.78, 5) is 13.8. The van der Waals surface area contributed by atoms with E-state index in [1.165, 1.54) is 0 Å². The van der Waals surface area contributed by atoms with Crippen molar-refractivity contribution in [3.05, 3.63) is 35.4 Å². The lowest BCUT2D eigenvalue weighted by atomic mass is 10.1. The second kappa shape index (κ2) is 7.04. The number of morpholine rings is 1. The minimum atomic E-state index is 0.0766. The van der Waals surface area contributed by atoms with Crippen LogP contribution < -0.4 is 5.32 Å². The molecule has 1 N–H and O–H groups in total. The Labute approximate surface area is 119 Å². The number of nitriles is 1. The summed E-state index contributed by atoms with van der Waals surface area (Å²) < 4.78 is 5.23. The highest BCUT2D eigenvalue weighted by atomic mass is 16.5. The number of benzene rings is 1. The van der Waals surface area contributed by atoms with Crippen molar-refractivity contribution in [3.63, 3.8) is 0 Å². The molecule has 5 nitrogen and oxygen atoms in total. The van der Waals surface area contributed by atoms with E-state index in [-0.39, 0.29) is 11.9 Å². The Kier molecular flexibility index (Phi) is 5.10. The highest BCUT2D eigenvalue weighted by Gasteiger charge is 2.17. The van der Waals surface area contributed by atoms with Crippen LogP contribution in [-0.4, -0.2) is 43.7 Å². The molecule has 5 heteroatoms. The van der Waals surface area contributed by atoms with Crippen molar-refractivity contribution in [1.82, 2.24) is 10.2 Å². The van der Waals surface area contributed by atoms with Crippen LogP contribution in [0.2, 0.25) is 0 Å². The number of carbonyl (C=O) groups excluding carboxylic acids is 1. The third kappa shape index (κ3) is 3.80. The lowest BCUT2D eigenvalue weighted by Crippen LogP contribution is -2.45. The van der Waals surface area contributed by atoms with E-state index in [1.807, 2.05) is 24.0 Å². The smallest absolute Gasteiger partial charge is 0.236 e. The highest BCUT2D eigenvalue weighted by molar-refractivity contribution is 5.78. The SMILES string of the molecule is CC(NCC(=O)N1CCOCC1)c1ccc(C#N)cc1. The molecule has 1 amide bonds. The molecule has 1 aromatic carbocycles. The largest absolute Gasteiger partial charge is 0.378 e. The predicted octanol–water partition coefficient (Wildman–Crippen LogP) is 1.07. The molecule has 1 aliphatic rings. The normalized spacial score (nSPS) is 16.5. The maximum absolute atomic E-state index is 12.0. The van der Waals surface area contributed by atoms with Crippen LogP contribution in [0.4, 0.5) is 0 Å². The number of hydrogen-bond acceptors (Lipinski definition) is 4. The molecule has 0 spiro atoms. The third-order valence-electron chi connectivity index (χ3n) is 3.46. The van der Waals surface area contributed by atoms with Crippen molar-refractivity contribution in [3.8, 4) is 6.07 Å². The molecular weight excluding hydrogens is 254 g/mol. The van der Waals surface area contributed by atoms with Gasteiger partial charge in [0.25, 0.3) is 0 Å². The lowest BCUT2D eigenvalue weighted by molar-refractivity contribution is -0.134. The number of ether oxygens (including phenoxy) is 1. The van der Waals surface area contributed by atoms with Crippen molar-refractivity contribution < 1.29 is 9.53 Å². The zero-order valence-corrected chi connectivity index (χ0v) is 11.6. The number of hydrogen-bond donors (Lipinski definition) is 1. The zero-order chi connectivity index (χ0) is 14.4. The summed E-state index contributed by atoms with van der Waals surface area (Å²) in [6.07, 6.45) is 0. The van der Waals surface area contributed by atoms with E-state index in [2.05, 4.69) is 11.4 Å². The number of rotatable bonds is 4. The van der Waals surface area contributed by atoms with Crippen LogP contribution in [0.15, 0.2) is 24.3 Å². The monoisotopic (exact) mass is 273 g/mol. The van der Waals surface area contributed by atoms with Crippen molar-refractivity contribution >= 4 is 5.91 Å². The molecule has 1 unspecified atom stereocenters. The van der Waals surface area contributed by atoms with Crippen LogP contribution in [0.25, 0.3) is 0 Å². The van der Waals surface area contributed by atoms with Gasteiger partial charge in [0.05, 0.1) is 31.4 Å². The van der Waals surface area contributed by atoms with E-state index in [1.54, 1.807) is 12.1 Å². The van der Waals surface area contributed by atoms with E-state index in [9.17, 15) is 4.79 Å². The Balaban J connectivity index is 1.83. The summed E-state index contributed by atoms with van der Waals surface area (Å²) in [6, 6.07) is 9.57. The molecule has 1 atom stereocenters. The maximum atomic E-state index is 12.0. The van der Waals surface area contributed by atoms with Crippen LogP contribution in [0, 0.1) is 11.3 Å². The van der Waals surface area contributed by atoms with Gasteiger partial charge in [-0.3, -0.25) is 4.79 Å². The average Bonchev–Trinajstić information content (AvgIpc) is 2.53. The summed E-state index contributed by atoms with van der Waals surface area (Å²) in [6.45, 7) is 4.92. The fourth-order valence-electron chi connectivity index (χ4n) is 2.13. The Morgan fingerprint density at radius 2 is 2.05 bits per heavy atom. The van der Waals surface area contributed by atoms with E-state index in [4.69, 9.17) is 10.00 Å². The topological polar surface area (TPSA) is 65.4 Å². The first kappa shape index (κ1) is 14.5. The van der Waals surface area contributed by atoms with Gasteiger partial charge in [-0.15, -0.1) is 0 Å². The fourth-order valence-corrected chi connectivity index (χ4v) is 2.13. The van der Waals surface area contributed by atoms with E-state index < -0.39 is 0 Å². The van der Waals surface area contributed by atoms with E-state index >= 15 is 0 Å². The standard InChI is InChI=1S/C15H19N3O2/c1-12(14-4-2-13(10-16)3-5-14)17-11-15(19)18-6-8-20-9-7-18/h2-5,12,17H,6-9,11H2,1H3. The Morgan fingerprint density at radius 1 is 1.40 bits per heavy atom. The maximum Gasteiger partial charge on any atom is 0.236 e. The van der Waals surface area contributed by atoms with Gasteiger partial charge in [0, 0.05) is 19.1 Å². The van der Waals surface area contributed by atoms with Crippen LogP contribution in [0.1, 0.15) is 24.1 Å². The quantitative estimate of drug-likeness (QED) is 0.891. The van der Waals surface area contributed by atoms with Gasteiger partial charge < -0.3 is 15.0 Å². The summed E-state index contributed by atoms with van der Waals surface area (Å²) in [7, 11) is 0. The molecule has 106 valence electrons. The number of carbonyl (C=O) groups is 1. The van der Waals surface area contributed by atoms with Crippen molar-refractivity contribution in [2.45, 2.75) is 13.0 Å². The fraction of sp³-hybridized carbons (Fsp3) is 0.467. The summed E-state index contributed by atoms with van der Waals surface area (Å²) >= 11 is 0. The Morgan fingerprint density at radius 3 is 2.65 bits per heavy atom. The second-order valence-electron chi connectivity index (χ2n) is 4.83. The number of nitrogens with zero attached hydrogens (tertiary/aromatic N) is 2. The first-order valence-electron chi connectivity index (χ1n) is 6.79. The van der Waals surface area contributed by atoms with Crippen molar-refractivity contribution in [1.29, 1.82) is 5.26 Å². The molecule has 0 radical (unpaired) electrons. The summed E-state index contributed by atoms with van der Waals surface area (Å²) in [5, 5.41) is 12.0. The molecule has 1 aromatic rings. The van der Waals surface area contributed by atoms with Gasteiger partial charge >= 0.3 is 0 Å². The Hall–Kier alpha value is -1.90. The third-order valence-corrected chi connectivity index (χ3v) is 3.46. The van der Waals surface area contributed by atoms with Gasteiger partial charge in [-0.25, -0.2) is 0 Å². The Bertz CT molecular complexity index is 487. The molecule has 20 heavy (non-hydrogen) atoms. The number of nitrogens with one attached hydrogen (secondary N) is 1. The molecule has 0 aliphatic carbocycles. The average molecular weight is 273 g/mol. The lowest BCUT2D eigenvalue weighted by Gasteiger charge is -2.27. The molecule has 1 heterocycles. The molecule has 0 bridgehead atoms. The van der Waals surface area contributed by atoms with Gasteiger partial charge in [0.2, 0.25) is 5.91 Å². The predicted molar refractivity (Wildman–Crippen MR) is 75.0 cm³/mol. The van der Waals surface area contributed by atoms with Crippen LogP contribution in [0.3, 0.4) is 0 Å². The molecule has 2 rings (SSSR count). The molecule has 1 aliphatic heterocycles. The first-order valence-corrected chi connectivity index (χ1v) is 6.79. The molecular formula is C15H19N3O2. The molecule has 0 aromatic heterocycles. The van der Waals surface area contributed by atoms with E-state index in [0.29, 0.717) is 38.4 Å². The van der Waals surface area contributed by atoms with E-state index in [0.717, 1.165) is 5.56 Å². The zero-order valence-electron chi connectivity index (χ0n) is 11.6. The number of amides is 1. The van der Waals surface area contributed by atoms with Gasteiger partial charge in [-0.1, -0.05) is 12.1 Å². The van der Waals surface area contributed by atoms with Crippen LogP contribution in [0.5, 0.6) is 0 Å². The molecule has 1 saturated heterocycles. The second-order valence-corrected chi connectivity index (χ2v) is 4.83. The van der Waals surface area contributed by atoms with Gasteiger partial charge in [-0.05, 0) is 24.6 Å². The van der Waals surface area contributed by atoms with Crippen LogP contribution in [-0.2, 0) is 9.53 Å². The minimum absolute atomic E-state index is 0.0766. The summed E-state index contributed by atoms with van der Waals surface area (Å²) in [5.41, 5.74) is 1.71. The first-order chi connectivity index (χ1) is 9.70. The van der Waals surface area contributed by atoms with Gasteiger partial charge in [0.1, 0.15) is 0 Å². The van der Waals surface area contributed by atoms with Gasteiger partial charge in [-0.2, -0.15) is 5.26 Å². The van der Waals surface area contributed by atoms with Crippen molar-refractivity contribution in [2.75, 3.05) is 32.8 Å². The van der Waals surface area contributed by atoms with Crippen molar-refractivity contribution in [2.24, 2.45) is 0 Å². The highest BCUT2D eigenvalue weighted by Crippen LogP contribution is 2.12. The minimum Gasteiger partial charge on any atom is -0.378 e.